The number of nitrogens with two attached hydrogens (primary N) is 2. The van der Waals surface area contributed by atoms with Crippen molar-refractivity contribution in [1.29, 1.82) is 0 Å². The molecule has 1 atom stereocenters. The Labute approximate surface area is 130 Å². The fourth-order valence-corrected chi connectivity index (χ4v) is 2.88. The molecule has 0 bridgehead atoms. The second-order valence-corrected chi connectivity index (χ2v) is 7.17. The first-order valence-corrected chi connectivity index (χ1v) is 8.32. The lowest BCUT2D eigenvalue weighted by Gasteiger charge is -2.21. The highest BCUT2D eigenvalue weighted by Gasteiger charge is 2.19. The SMILES string of the molecule is CC(N)(CN)Cc1ccc(S(=O)(=O)Nc2ccccc2)cn1. The monoisotopic (exact) mass is 320 g/mol. The van der Waals surface area contributed by atoms with Crippen LogP contribution in [0.1, 0.15) is 12.6 Å². The molecule has 0 radical (unpaired) electrons. The first kappa shape index (κ1) is 16.4. The largest absolute Gasteiger partial charge is 0.329 e. The van der Waals surface area contributed by atoms with Crippen LogP contribution in [0, 0.1) is 0 Å². The van der Waals surface area contributed by atoms with Gasteiger partial charge in [-0.2, -0.15) is 0 Å². The molecule has 1 heterocycles. The lowest BCUT2D eigenvalue weighted by Crippen LogP contribution is -2.46. The van der Waals surface area contributed by atoms with Crippen molar-refractivity contribution < 1.29 is 8.42 Å². The maximum Gasteiger partial charge on any atom is 0.263 e. The molecule has 1 aromatic carbocycles. The predicted octanol–water partition coefficient (Wildman–Crippen LogP) is 1.10. The van der Waals surface area contributed by atoms with E-state index in [4.69, 9.17) is 11.5 Å². The molecule has 118 valence electrons. The van der Waals surface area contributed by atoms with Crippen molar-refractivity contribution in [3.63, 3.8) is 0 Å². The molecule has 2 rings (SSSR count). The highest BCUT2D eigenvalue weighted by Crippen LogP contribution is 2.16. The van der Waals surface area contributed by atoms with Crippen LogP contribution < -0.4 is 16.2 Å². The molecule has 0 aliphatic carbocycles. The molecule has 0 aliphatic heterocycles. The van der Waals surface area contributed by atoms with E-state index in [0.717, 1.165) is 0 Å². The van der Waals surface area contributed by atoms with Crippen molar-refractivity contribution in [3.8, 4) is 0 Å². The van der Waals surface area contributed by atoms with Gasteiger partial charge in [-0.15, -0.1) is 0 Å². The Morgan fingerprint density at radius 3 is 2.41 bits per heavy atom. The zero-order chi connectivity index (χ0) is 16.2. The van der Waals surface area contributed by atoms with Crippen molar-refractivity contribution in [2.75, 3.05) is 11.3 Å². The van der Waals surface area contributed by atoms with Crippen molar-refractivity contribution in [2.45, 2.75) is 23.8 Å². The Kier molecular flexibility index (Phi) is 4.80. The van der Waals surface area contributed by atoms with E-state index in [1.54, 1.807) is 30.3 Å². The van der Waals surface area contributed by atoms with Crippen LogP contribution in [0.2, 0.25) is 0 Å². The smallest absolute Gasteiger partial charge is 0.263 e. The van der Waals surface area contributed by atoms with Gasteiger partial charge in [-0.05, 0) is 31.2 Å². The lowest BCUT2D eigenvalue weighted by molar-refractivity contribution is 0.472. The highest BCUT2D eigenvalue weighted by molar-refractivity contribution is 7.92. The van der Waals surface area contributed by atoms with E-state index >= 15 is 0 Å². The van der Waals surface area contributed by atoms with Gasteiger partial charge in [-0.25, -0.2) is 8.42 Å². The van der Waals surface area contributed by atoms with Gasteiger partial charge >= 0.3 is 0 Å². The molecule has 22 heavy (non-hydrogen) atoms. The van der Waals surface area contributed by atoms with Crippen LogP contribution in [-0.2, 0) is 16.4 Å². The molecular formula is C15H20N4O2S. The van der Waals surface area contributed by atoms with Gasteiger partial charge in [0.2, 0.25) is 0 Å². The van der Waals surface area contributed by atoms with Crippen LogP contribution in [0.25, 0.3) is 0 Å². The molecule has 7 heteroatoms. The van der Waals surface area contributed by atoms with Crippen molar-refractivity contribution in [1.82, 2.24) is 4.98 Å². The third-order valence-corrected chi connectivity index (χ3v) is 4.55. The van der Waals surface area contributed by atoms with Crippen molar-refractivity contribution >= 4 is 15.7 Å². The predicted molar refractivity (Wildman–Crippen MR) is 86.8 cm³/mol. The number of benzene rings is 1. The Morgan fingerprint density at radius 2 is 1.86 bits per heavy atom. The van der Waals surface area contributed by atoms with E-state index in [1.807, 2.05) is 13.0 Å². The summed E-state index contributed by atoms with van der Waals surface area (Å²) in [7, 11) is -3.65. The van der Waals surface area contributed by atoms with Crippen LogP contribution in [0.3, 0.4) is 0 Å². The summed E-state index contributed by atoms with van der Waals surface area (Å²) >= 11 is 0. The summed E-state index contributed by atoms with van der Waals surface area (Å²) in [4.78, 5) is 4.27. The minimum absolute atomic E-state index is 0.103. The number of hydrogen-bond donors (Lipinski definition) is 3. The normalized spacial score (nSPS) is 14.3. The summed E-state index contributed by atoms with van der Waals surface area (Å²) in [6, 6.07) is 11.9. The van der Waals surface area contributed by atoms with Gasteiger partial charge in [0.1, 0.15) is 4.90 Å². The second-order valence-electron chi connectivity index (χ2n) is 5.49. The number of aromatic nitrogens is 1. The molecule has 2 aromatic rings. The lowest BCUT2D eigenvalue weighted by atomic mass is 9.97. The quantitative estimate of drug-likeness (QED) is 0.738. The number of sulfonamides is 1. The van der Waals surface area contributed by atoms with Crippen LogP contribution >= 0.6 is 0 Å². The number of pyridine rings is 1. The highest BCUT2D eigenvalue weighted by atomic mass is 32.2. The average molecular weight is 320 g/mol. The molecule has 6 nitrogen and oxygen atoms in total. The topological polar surface area (TPSA) is 111 Å². The molecule has 0 spiro atoms. The zero-order valence-corrected chi connectivity index (χ0v) is 13.2. The first-order valence-electron chi connectivity index (χ1n) is 6.84. The molecular weight excluding hydrogens is 300 g/mol. The number of para-hydroxylation sites is 1. The van der Waals surface area contributed by atoms with Gasteiger partial charge in [-0.3, -0.25) is 9.71 Å². The van der Waals surface area contributed by atoms with Gasteiger partial charge in [-0.1, -0.05) is 18.2 Å². The molecule has 0 saturated heterocycles. The Hall–Kier alpha value is -1.96. The van der Waals surface area contributed by atoms with Crippen molar-refractivity contribution in [2.24, 2.45) is 11.5 Å². The Bertz CT molecular complexity index is 713. The Balaban J connectivity index is 2.16. The van der Waals surface area contributed by atoms with E-state index in [9.17, 15) is 8.42 Å². The van der Waals surface area contributed by atoms with Gasteiger partial charge in [0.25, 0.3) is 10.0 Å². The van der Waals surface area contributed by atoms with Gasteiger partial charge in [0.15, 0.2) is 0 Å². The number of nitrogens with one attached hydrogen (secondary N) is 1. The average Bonchev–Trinajstić information content (AvgIpc) is 2.48. The number of nitrogens with zero attached hydrogens (tertiary/aromatic N) is 1. The summed E-state index contributed by atoms with van der Waals surface area (Å²) in [6.45, 7) is 2.15. The van der Waals surface area contributed by atoms with Gasteiger partial charge < -0.3 is 11.5 Å². The maximum atomic E-state index is 12.3. The minimum atomic E-state index is -3.65. The summed E-state index contributed by atoms with van der Waals surface area (Å²) in [5.41, 5.74) is 12.2. The minimum Gasteiger partial charge on any atom is -0.329 e. The molecule has 0 aliphatic rings. The summed E-state index contributed by atoms with van der Waals surface area (Å²) in [6.07, 6.45) is 1.81. The fraction of sp³-hybridized carbons (Fsp3) is 0.267. The summed E-state index contributed by atoms with van der Waals surface area (Å²) < 4.78 is 27.0. The molecule has 0 fully saturated rings. The van der Waals surface area contributed by atoms with E-state index in [0.29, 0.717) is 24.3 Å². The second kappa shape index (κ2) is 6.43. The van der Waals surface area contributed by atoms with E-state index in [2.05, 4.69) is 9.71 Å². The van der Waals surface area contributed by atoms with E-state index in [1.165, 1.54) is 12.3 Å². The molecule has 1 aromatic heterocycles. The molecule has 0 saturated carbocycles. The Morgan fingerprint density at radius 1 is 1.18 bits per heavy atom. The van der Waals surface area contributed by atoms with Gasteiger partial charge in [0, 0.05) is 36.1 Å². The summed E-state index contributed by atoms with van der Waals surface area (Å²) in [5, 5.41) is 0. The number of rotatable bonds is 6. The van der Waals surface area contributed by atoms with Gasteiger partial charge in [0.05, 0.1) is 0 Å². The maximum absolute atomic E-state index is 12.3. The number of anilines is 1. The molecule has 0 amide bonds. The van der Waals surface area contributed by atoms with Crippen LogP contribution in [0.4, 0.5) is 5.69 Å². The number of hydrogen-bond acceptors (Lipinski definition) is 5. The third-order valence-electron chi connectivity index (χ3n) is 3.19. The van der Waals surface area contributed by atoms with Crippen LogP contribution in [-0.4, -0.2) is 25.5 Å². The zero-order valence-electron chi connectivity index (χ0n) is 12.4. The van der Waals surface area contributed by atoms with E-state index in [-0.39, 0.29) is 4.90 Å². The van der Waals surface area contributed by atoms with Crippen molar-refractivity contribution in [3.05, 3.63) is 54.4 Å². The van der Waals surface area contributed by atoms with Crippen LogP contribution in [0.5, 0.6) is 0 Å². The molecule has 5 N–H and O–H groups in total. The first-order chi connectivity index (χ1) is 10.3. The third kappa shape index (κ3) is 4.27. The van der Waals surface area contributed by atoms with E-state index < -0.39 is 15.6 Å². The molecule has 1 unspecified atom stereocenters. The standard InChI is InChI=1S/C15H20N4O2S/c1-15(17,11-16)9-13-7-8-14(10-18-13)22(20,21)19-12-5-3-2-4-6-12/h2-8,10,19H,9,11,16-17H2,1H3. The fourth-order valence-electron chi connectivity index (χ4n) is 1.88. The summed E-state index contributed by atoms with van der Waals surface area (Å²) in [5.74, 6) is 0. The van der Waals surface area contributed by atoms with Crippen LogP contribution in [0.15, 0.2) is 53.6 Å².